The molecule has 0 spiro atoms. The van der Waals surface area contributed by atoms with Gasteiger partial charge in [-0.25, -0.2) is 4.98 Å². The Bertz CT molecular complexity index is 911. The standard InChI is InChI=1S/C21H22FN5/c22-21-6-5-18(11-23-21)15-1-3-17(4-2-15)20-14-27(25-24-20)13-19-12-26-9-7-16(19)8-10-26/h1-6,11,14,16,19H,7-10,12-13H2/t19-/m1/s1. The summed E-state index contributed by atoms with van der Waals surface area (Å²) in [4.78, 5) is 6.29. The number of piperidine rings is 3. The summed E-state index contributed by atoms with van der Waals surface area (Å²) in [5.74, 6) is 1.07. The van der Waals surface area contributed by atoms with Crippen LogP contribution in [0.2, 0.25) is 0 Å². The molecule has 0 amide bonds. The van der Waals surface area contributed by atoms with Crippen molar-refractivity contribution in [1.29, 1.82) is 0 Å². The van der Waals surface area contributed by atoms with Crippen molar-refractivity contribution in [3.63, 3.8) is 0 Å². The highest BCUT2D eigenvalue weighted by Gasteiger charge is 2.34. The van der Waals surface area contributed by atoms with E-state index in [1.807, 2.05) is 35.1 Å². The van der Waals surface area contributed by atoms with Gasteiger partial charge in [-0.15, -0.1) is 5.10 Å². The molecule has 3 fully saturated rings. The van der Waals surface area contributed by atoms with Crippen molar-refractivity contribution in [2.45, 2.75) is 19.4 Å². The smallest absolute Gasteiger partial charge is 0.212 e. The lowest BCUT2D eigenvalue weighted by atomic mass is 9.79. The number of aromatic nitrogens is 4. The van der Waals surface area contributed by atoms with Gasteiger partial charge in [0.05, 0.1) is 6.20 Å². The van der Waals surface area contributed by atoms with Gasteiger partial charge in [-0.2, -0.15) is 4.39 Å². The fourth-order valence-corrected chi connectivity index (χ4v) is 4.43. The van der Waals surface area contributed by atoms with Crippen molar-refractivity contribution >= 4 is 0 Å². The highest BCUT2D eigenvalue weighted by molar-refractivity contribution is 5.67. The highest BCUT2D eigenvalue weighted by atomic mass is 19.1. The second kappa shape index (κ2) is 6.85. The first-order valence-electron chi connectivity index (χ1n) is 9.59. The zero-order valence-electron chi connectivity index (χ0n) is 15.1. The molecule has 3 saturated heterocycles. The summed E-state index contributed by atoms with van der Waals surface area (Å²) in [6.07, 6.45) is 6.25. The lowest BCUT2D eigenvalue weighted by Gasteiger charge is -2.44. The van der Waals surface area contributed by atoms with Gasteiger partial charge in [0.2, 0.25) is 5.95 Å². The van der Waals surface area contributed by atoms with Gasteiger partial charge in [-0.05, 0) is 55.5 Å². The van der Waals surface area contributed by atoms with Gasteiger partial charge in [0.25, 0.3) is 0 Å². The number of benzene rings is 1. The van der Waals surface area contributed by atoms with Crippen LogP contribution in [0, 0.1) is 17.8 Å². The Morgan fingerprint density at radius 3 is 2.37 bits per heavy atom. The SMILES string of the molecule is Fc1ccc(-c2ccc(-c3cn(C[C@H]4CN5CCC4CC5)nn3)cc2)cn1. The minimum atomic E-state index is -0.463. The van der Waals surface area contributed by atoms with E-state index in [1.54, 1.807) is 12.3 Å². The molecule has 5 nitrogen and oxygen atoms in total. The largest absolute Gasteiger partial charge is 0.303 e. The van der Waals surface area contributed by atoms with E-state index >= 15 is 0 Å². The van der Waals surface area contributed by atoms with Gasteiger partial charge in [0.1, 0.15) is 5.69 Å². The number of halogens is 1. The maximum atomic E-state index is 13.0. The van der Waals surface area contributed by atoms with Gasteiger partial charge in [-0.3, -0.25) is 4.68 Å². The minimum absolute atomic E-state index is 0.463. The van der Waals surface area contributed by atoms with Crippen LogP contribution in [-0.4, -0.2) is 44.5 Å². The Kier molecular flexibility index (Phi) is 4.20. The second-order valence-corrected chi connectivity index (χ2v) is 7.67. The quantitative estimate of drug-likeness (QED) is 0.666. The fourth-order valence-electron chi connectivity index (χ4n) is 4.43. The maximum absolute atomic E-state index is 13.0. The third kappa shape index (κ3) is 3.37. The average molecular weight is 363 g/mol. The summed E-state index contributed by atoms with van der Waals surface area (Å²) in [7, 11) is 0. The van der Waals surface area contributed by atoms with Crippen LogP contribution in [0.3, 0.4) is 0 Å². The number of nitrogens with zero attached hydrogens (tertiary/aromatic N) is 5. The molecule has 27 heavy (non-hydrogen) atoms. The van der Waals surface area contributed by atoms with Crippen molar-refractivity contribution in [2.24, 2.45) is 11.8 Å². The predicted octanol–water partition coefficient (Wildman–Crippen LogP) is 3.49. The van der Waals surface area contributed by atoms with Crippen LogP contribution >= 0.6 is 0 Å². The molecule has 2 aromatic heterocycles. The van der Waals surface area contributed by atoms with E-state index in [0.29, 0.717) is 5.92 Å². The molecule has 0 aliphatic carbocycles. The van der Waals surface area contributed by atoms with E-state index in [-0.39, 0.29) is 0 Å². The van der Waals surface area contributed by atoms with Crippen molar-refractivity contribution in [3.8, 4) is 22.4 Å². The number of hydrogen-bond acceptors (Lipinski definition) is 4. The molecule has 1 aromatic carbocycles. The molecule has 0 saturated carbocycles. The summed E-state index contributed by atoms with van der Waals surface area (Å²) in [6, 6.07) is 11.2. The first-order chi connectivity index (χ1) is 13.2. The molecule has 5 heterocycles. The van der Waals surface area contributed by atoms with Crippen LogP contribution in [0.1, 0.15) is 12.8 Å². The molecule has 0 unspecified atom stereocenters. The third-order valence-electron chi connectivity index (χ3n) is 5.99. The van der Waals surface area contributed by atoms with Crippen molar-refractivity contribution in [1.82, 2.24) is 24.9 Å². The molecule has 6 heteroatoms. The summed E-state index contributed by atoms with van der Waals surface area (Å²) >= 11 is 0. The van der Waals surface area contributed by atoms with Crippen LogP contribution in [0.25, 0.3) is 22.4 Å². The van der Waals surface area contributed by atoms with Crippen LogP contribution in [0.15, 0.2) is 48.8 Å². The summed E-state index contributed by atoms with van der Waals surface area (Å²) < 4.78 is 15.0. The normalized spacial score (nSPS) is 24.3. The lowest BCUT2D eigenvalue weighted by Crippen LogP contribution is -2.48. The van der Waals surface area contributed by atoms with Crippen LogP contribution < -0.4 is 0 Å². The van der Waals surface area contributed by atoms with Crippen molar-refractivity contribution < 1.29 is 4.39 Å². The zero-order chi connectivity index (χ0) is 18.2. The first-order valence-corrected chi connectivity index (χ1v) is 9.59. The lowest BCUT2D eigenvalue weighted by molar-refractivity contribution is 0.0402. The molecule has 1 atom stereocenters. The van der Waals surface area contributed by atoms with Gasteiger partial charge in [-0.1, -0.05) is 29.5 Å². The number of rotatable bonds is 4. The molecule has 0 radical (unpaired) electrons. The molecule has 138 valence electrons. The first kappa shape index (κ1) is 16.6. The number of hydrogen-bond donors (Lipinski definition) is 0. The average Bonchev–Trinajstić information content (AvgIpc) is 3.18. The van der Waals surface area contributed by atoms with E-state index < -0.39 is 5.95 Å². The molecule has 6 rings (SSSR count). The fraction of sp³-hybridized carbons (Fsp3) is 0.381. The monoisotopic (exact) mass is 363 g/mol. The van der Waals surface area contributed by atoms with E-state index in [4.69, 9.17) is 0 Å². The van der Waals surface area contributed by atoms with Gasteiger partial charge < -0.3 is 4.90 Å². The topological polar surface area (TPSA) is 46.8 Å². The minimum Gasteiger partial charge on any atom is -0.303 e. The van der Waals surface area contributed by atoms with Gasteiger partial charge in [0, 0.05) is 30.4 Å². The van der Waals surface area contributed by atoms with Gasteiger partial charge >= 0.3 is 0 Å². The number of fused-ring (bicyclic) bond motifs is 3. The Labute approximate surface area is 157 Å². The molecule has 2 bridgehead atoms. The van der Waals surface area contributed by atoms with Crippen LogP contribution in [0.4, 0.5) is 4.39 Å². The highest BCUT2D eigenvalue weighted by Crippen LogP contribution is 2.33. The zero-order valence-corrected chi connectivity index (χ0v) is 15.1. The summed E-state index contributed by atoms with van der Waals surface area (Å²) in [5, 5.41) is 8.72. The van der Waals surface area contributed by atoms with E-state index in [0.717, 1.165) is 34.8 Å². The summed E-state index contributed by atoms with van der Waals surface area (Å²) in [5.41, 5.74) is 3.83. The predicted molar refractivity (Wildman–Crippen MR) is 101 cm³/mol. The van der Waals surface area contributed by atoms with Crippen molar-refractivity contribution in [3.05, 3.63) is 54.7 Å². The van der Waals surface area contributed by atoms with E-state index in [9.17, 15) is 4.39 Å². The summed E-state index contributed by atoms with van der Waals surface area (Å²) in [6.45, 7) is 4.67. The Hall–Kier alpha value is -2.60. The molecular weight excluding hydrogens is 341 g/mol. The van der Waals surface area contributed by atoms with Gasteiger partial charge in [0.15, 0.2) is 0 Å². The molecule has 3 aromatic rings. The second-order valence-electron chi connectivity index (χ2n) is 7.67. The van der Waals surface area contributed by atoms with Crippen LogP contribution in [0.5, 0.6) is 0 Å². The molecule has 0 N–H and O–H groups in total. The Morgan fingerprint density at radius 2 is 1.70 bits per heavy atom. The van der Waals surface area contributed by atoms with E-state index in [1.165, 1.54) is 38.5 Å². The van der Waals surface area contributed by atoms with Crippen molar-refractivity contribution in [2.75, 3.05) is 19.6 Å². The Morgan fingerprint density at radius 1 is 0.963 bits per heavy atom. The third-order valence-corrected chi connectivity index (χ3v) is 5.99. The molecule has 3 aliphatic heterocycles. The number of pyridine rings is 1. The van der Waals surface area contributed by atoms with Crippen LogP contribution in [-0.2, 0) is 6.54 Å². The Balaban J connectivity index is 1.30. The molecule has 3 aliphatic rings. The maximum Gasteiger partial charge on any atom is 0.212 e. The van der Waals surface area contributed by atoms with E-state index in [2.05, 4.69) is 20.2 Å². The molecular formula is C21H22FN5.